The summed E-state index contributed by atoms with van der Waals surface area (Å²) in [4.78, 5) is 2.41. The fourth-order valence-corrected chi connectivity index (χ4v) is 8.94. The molecule has 0 saturated carbocycles. The average molecular weight is 680 g/mol. The third-order valence-corrected chi connectivity index (χ3v) is 11.4. The lowest BCUT2D eigenvalue weighted by Crippen LogP contribution is -2.10. The summed E-state index contributed by atoms with van der Waals surface area (Å²) in [5.74, 6) is 0. The van der Waals surface area contributed by atoms with Crippen molar-refractivity contribution >= 4 is 70.1 Å². The molecular formula is C50H33NS. The van der Waals surface area contributed by atoms with Crippen molar-refractivity contribution in [1.82, 2.24) is 0 Å². The Balaban J connectivity index is 1.10. The first-order valence-electron chi connectivity index (χ1n) is 17.8. The van der Waals surface area contributed by atoms with Gasteiger partial charge in [-0.2, -0.15) is 0 Å². The Bertz CT molecular complexity index is 2910. The van der Waals surface area contributed by atoms with E-state index in [0.29, 0.717) is 0 Å². The van der Waals surface area contributed by atoms with E-state index in [1.54, 1.807) is 0 Å². The van der Waals surface area contributed by atoms with Gasteiger partial charge in [-0.05, 0) is 98.1 Å². The van der Waals surface area contributed by atoms with Gasteiger partial charge in [0.15, 0.2) is 0 Å². The molecule has 1 nitrogen and oxygen atoms in total. The molecule has 0 amide bonds. The van der Waals surface area contributed by atoms with Crippen molar-refractivity contribution in [3.05, 3.63) is 200 Å². The number of hydrogen-bond acceptors (Lipinski definition) is 2. The van der Waals surface area contributed by atoms with Crippen LogP contribution in [0.5, 0.6) is 0 Å². The molecule has 10 aromatic rings. The highest BCUT2D eigenvalue weighted by molar-refractivity contribution is 7.25. The Kier molecular flexibility index (Phi) is 7.41. The normalized spacial score (nSPS) is 11.5. The molecule has 10 rings (SSSR count). The summed E-state index contributed by atoms with van der Waals surface area (Å²) in [6.07, 6.45) is 0. The minimum atomic E-state index is 1.11. The van der Waals surface area contributed by atoms with Crippen LogP contribution in [0, 0.1) is 0 Å². The molecule has 0 aliphatic rings. The van der Waals surface area contributed by atoms with Crippen molar-refractivity contribution in [1.29, 1.82) is 0 Å². The van der Waals surface area contributed by atoms with Gasteiger partial charge in [0.2, 0.25) is 0 Å². The van der Waals surface area contributed by atoms with Crippen molar-refractivity contribution in [2.45, 2.75) is 0 Å². The molecule has 0 radical (unpaired) electrons. The predicted octanol–water partition coefficient (Wildman–Crippen LogP) is 14.8. The van der Waals surface area contributed by atoms with Crippen molar-refractivity contribution in [2.75, 3.05) is 4.90 Å². The minimum absolute atomic E-state index is 1.11. The van der Waals surface area contributed by atoms with E-state index in [2.05, 4.69) is 205 Å². The molecule has 52 heavy (non-hydrogen) atoms. The molecule has 0 atom stereocenters. The van der Waals surface area contributed by atoms with E-state index < -0.39 is 0 Å². The molecule has 0 spiro atoms. The molecule has 244 valence electrons. The van der Waals surface area contributed by atoms with Crippen LogP contribution in [-0.4, -0.2) is 0 Å². The van der Waals surface area contributed by atoms with Crippen LogP contribution in [0.1, 0.15) is 0 Å². The third-order valence-electron chi connectivity index (χ3n) is 10.2. The maximum atomic E-state index is 2.41. The van der Waals surface area contributed by atoms with Gasteiger partial charge in [0, 0.05) is 36.9 Å². The second kappa shape index (κ2) is 12.7. The number of benzene rings is 9. The van der Waals surface area contributed by atoms with E-state index in [1.807, 2.05) is 11.3 Å². The highest BCUT2D eigenvalue weighted by Crippen LogP contribution is 2.43. The van der Waals surface area contributed by atoms with Gasteiger partial charge < -0.3 is 4.90 Å². The molecule has 0 saturated heterocycles. The third kappa shape index (κ3) is 5.24. The van der Waals surface area contributed by atoms with Gasteiger partial charge in [-0.3, -0.25) is 0 Å². The van der Waals surface area contributed by atoms with Gasteiger partial charge in [0.05, 0.1) is 5.69 Å². The Labute approximate surface area is 307 Å². The fraction of sp³-hybridized carbons (Fsp3) is 0. The lowest BCUT2D eigenvalue weighted by atomic mass is 9.95. The van der Waals surface area contributed by atoms with E-state index in [4.69, 9.17) is 0 Å². The zero-order valence-electron chi connectivity index (χ0n) is 28.4. The van der Waals surface area contributed by atoms with Crippen molar-refractivity contribution in [3.63, 3.8) is 0 Å². The zero-order valence-corrected chi connectivity index (χ0v) is 29.2. The molecular weight excluding hydrogens is 647 g/mol. The van der Waals surface area contributed by atoms with Crippen LogP contribution in [0.25, 0.3) is 75.1 Å². The summed E-state index contributed by atoms with van der Waals surface area (Å²) in [5.41, 5.74) is 10.7. The van der Waals surface area contributed by atoms with Crippen LogP contribution < -0.4 is 4.90 Å². The zero-order chi connectivity index (χ0) is 34.4. The minimum Gasteiger partial charge on any atom is -0.310 e. The van der Waals surface area contributed by atoms with Gasteiger partial charge >= 0.3 is 0 Å². The molecule has 0 fully saturated rings. The lowest BCUT2D eigenvalue weighted by molar-refractivity contribution is 1.30. The molecule has 0 aliphatic heterocycles. The van der Waals surface area contributed by atoms with E-state index in [1.165, 1.54) is 75.1 Å². The molecule has 0 unspecified atom stereocenters. The maximum Gasteiger partial charge on any atom is 0.0540 e. The quantitative estimate of drug-likeness (QED) is 0.169. The van der Waals surface area contributed by atoms with Crippen molar-refractivity contribution < 1.29 is 0 Å². The summed E-state index contributed by atoms with van der Waals surface area (Å²) in [7, 11) is 0. The second-order valence-electron chi connectivity index (χ2n) is 13.3. The molecule has 9 aromatic carbocycles. The first-order chi connectivity index (χ1) is 25.8. The van der Waals surface area contributed by atoms with Gasteiger partial charge in [-0.15, -0.1) is 11.3 Å². The van der Waals surface area contributed by atoms with Crippen LogP contribution in [0.15, 0.2) is 200 Å². The van der Waals surface area contributed by atoms with Crippen LogP contribution in [0.4, 0.5) is 17.1 Å². The Morgan fingerprint density at radius 3 is 1.75 bits per heavy atom. The van der Waals surface area contributed by atoms with E-state index in [0.717, 1.165) is 17.1 Å². The standard InChI is InChI=1S/C50H33NS/c1-3-20-42-34(12-1)14-9-23-43(42)39-18-7-16-37(32-39)38-17-8-19-41(33-38)51(47-25-10-15-35-13-2-4-21-44(35)47)40-30-28-36(29-31-40)45-24-11-27-49-50(45)46-22-5-6-26-48(46)52-49/h1-33H. The molecule has 1 aromatic heterocycles. The molecule has 0 N–H and O–H groups in total. The van der Waals surface area contributed by atoms with Crippen LogP contribution in [0.3, 0.4) is 0 Å². The largest absolute Gasteiger partial charge is 0.310 e. The fourth-order valence-electron chi connectivity index (χ4n) is 7.80. The van der Waals surface area contributed by atoms with Crippen molar-refractivity contribution in [3.8, 4) is 33.4 Å². The molecule has 2 heteroatoms. The monoisotopic (exact) mass is 679 g/mol. The van der Waals surface area contributed by atoms with E-state index in [9.17, 15) is 0 Å². The number of fused-ring (bicyclic) bond motifs is 5. The number of rotatable bonds is 6. The Morgan fingerprint density at radius 2 is 0.904 bits per heavy atom. The number of thiophene rings is 1. The van der Waals surface area contributed by atoms with Crippen LogP contribution >= 0.6 is 11.3 Å². The van der Waals surface area contributed by atoms with Crippen molar-refractivity contribution in [2.24, 2.45) is 0 Å². The van der Waals surface area contributed by atoms with Gasteiger partial charge in [0.25, 0.3) is 0 Å². The molecule has 1 heterocycles. The van der Waals surface area contributed by atoms with Crippen LogP contribution in [-0.2, 0) is 0 Å². The summed E-state index contributed by atoms with van der Waals surface area (Å²) in [5, 5.41) is 7.61. The summed E-state index contributed by atoms with van der Waals surface area (Å²) >= 11 is 1.87. The smallest absolute Gasteiger partial charge is 0.0540 e. The van der Waals surface area contributed by atoms with Gasteiger partial charge in [-0.1, -0.05) is 152 Å². The number of nitrogens with zero attached hydrogens (tertiary/aromatic N) is 1. The Morgan fingerprint density at radius 1 is 0.327 bits per heavy atom. The lowest BCUT2D eigenvalue weighted by Gasteiger charge is -2.27. The number of hydrogen-bond donors (Lipinski definition) is 0. The van der Waals surface area contributed by atoms with E-state index in [-0.39, 0.29) is 0 Å². The summed E-state index contributed by atoms with van der Waals surface area (Å²) in [6.45, 7) is 0. The molecule has 0 aliphatic carbocycles. The summed E-state index contributed by atoms with van der Waals surface area (Å²) < 4.78 is 2.65. The highest BCUT2D eigenvalue weighted by Gasteiger charge is 2.18. The first kappa shape index (κ1) is 30.4. The SMILES string of the molecule is c1cc(-c2cccc(N(c3ccc(-c4cccc5sc6ccccc6c45)cc3)c3cccc4ccccc34)c2)cc(-c2cccc3ccccc23)c1. The predicted molar refractivity (Wildman–Crippen MR) is 225 cm³/mol. The maximum absolute atomic E-state index is 2.41. The van der Waals surface area contributed by atoms with Gasteiger partial charge in [-0.25, -0.2) is 0 Å². The molecule has 0 bridgehead atoms. The average Bonchev–Trinajstić information content (AvgIpc) is 3.60. The topological polar surface area (TPSA) is 3.24 Å². The highest BCUT2D eigenvalue weighted by atomic mass is 32.1. The van der Waals surface area contributed by atoms with Gasteiger partial charge in [0.1, 0.15) is 0 Å². The first-order valence-corrected chi connectivity index (χ1v) is 18.6. The Hall–Kier alpha value is -6.48. The second-order valence-corrected chi connectivity index (χ2v) is 14.4. The van der Waals surface area contributed by atoms with Crippen LogP contribution in [0.2, 0.25) is 0 Å². The van der Waals surface area contributed by atoms with E-state index >= 15 is 0 Å². The number of anilines is 3. The summed E-state index contributed by atoms with van der Waals surface area (Å²) in [6, 6.07) is 72.9.